The van der Waals surface area contributed by atoms with Gasteiger partial charge in [-0.1, -0.05) is 36.4 Å². The Balaban J connectivity index is 1.42. The molecule has 5 heteroatoms. The highest BCUT2D eigenvalue weighted by Gasteiger charge is 2.07. The molecule has 2 aromatic carbocycles. The van der Waals surface area contributed by atoms with Crippen LogP contribution in [-0.2, 0) is 11.2 Å². The second kappa shape index (κ2) is 8.36. The Hall–Kier alpha value is -2.53. The van der Waals surface area contributed by atoms with Gasteiger partial charge in [-0.3, -0.25) is 4.79 Å². The van der Waals surface area contributed by atoms with Crippen LogP contribution in [0.1, 0.15) is 5.69 Å². The average Bonchev–Trinajstić information content (AvgIpc) is 3.11. The number of thioether (sulfide) groups is 1. The number of carbonyl (C=O) groups excluding carboxylic acids is 1. The van der Waals surface area contributed by atoms with E-state index in [-0.39, 0.29) is 5.91 Å². The van der Waals surface area contributed by atoms with Gasteiger partial charge in [0.25, 0.3) is 0 Å². The fourth-order valence-corrected chi connectivity index (χ4v) is 2.93. The van der Waals surface area contributed by atoms with Gasteiger partial charge in [-0.2, -0.15) is 0 Å². The predicted octanol–water partition coefficient (Wildman–Crippen LogP) is 3.79. The minimum absolute atomic E-state index is 0.0237. The summed E-state index contributed by atoms with van der Waals surface area (Å²) in [5.74, 6) is 1.05. The molecule has 1 aromatic heterocycles. The summed E-state index contributed by atoms with van der Waals surface area (Å²) in [5, 5.41) is 2.91. The van der Waals surface area contributed by atoms with E-state index in [1.807, 2.05) is 60.7 Å². The van der Waals surface area contributed by atoms with Crippen molar-refractivity contribution in [2.45, 2.75) is 11.3 Å². The molecule has 0 aliphatic rings. The van der Waals surface area contributed by atoms with Gasteiger partial charge >= 0.3 is 0 Å². The van der Waals surface area contributed by atoms with Crippen molar-refractivity contribution in [3.05, 3.63) is 72.6 Å². The van der Waals surface area contributed by atoms with Gasteiger partial charge in [-0.25, -0.2) is 4.98 Å². The van der Waals surface area contributed by atoms with E-state index in [1.165, 1.54) is 11.8 Å². The summed E-state index contributed by atoms with van der Waals surface area (Å²) in [6.07, 6.45) is 2.30. The number of oxazole rings is 1. The molecule has 0 spiro atoms. The highest BCUT2D eigenvalue weighted by Crippen LogP contribution is 2.18. The molecule has 1 N–H and O–H groups in total. The number of hydrogen-bond acceptors (Lipinski definition) is 4. The Bertz CT molecular complexity index is 772. The van der Waals surface area contributed by atoms with Crippen molar-refractivity contribution in [1.29, 1.82) is 0 Å². The third kappa shape index (κ3) is 4.73. The number of rotatable bonds is 7. The fourth-order valence-electron chi connectivity index (χ4n) is 2.18. The van der Waals surface area contributed by atoms with Crippen molar-refractivity contribution in [3.63, 3.8) is 0 Å². The molecule has 0 saturated heterocycles. The predicted molar refractivity (Wildman–Crippen MR) is 95.8 cm³/mol. The normalized spacial score (nSPS) is 10.5. The fraction of sp³-hybridized carbons (Fsp3) is 0.158. The second-order valence-corrected chi connectivity index (χ2v) is 6.26. The van der Waals surface area contributed by atoms with Gasteiger partial charge in [0.05, 0.1) is 11.4 Å². The lowest BCUT2D eigenvalue weighted by Crippen LogP contribution is -2.27. The van der Waals surface area contributed by atoms with E-state index in [4.69, 9.17) is 4.42 Å². The molecular weight excluding hydrogens is 320 g/mol. The molecule has 0 radical (unpaired) electrons. The standard InChI is InChI=1S/C19H18N2O2S/c22-18(14-24-17-9-5-2-6-10-17)20-12-11-16-13-23-19(21-16)15-7-3-1-4-8-15/h1-10,13H,11-12,14H2,(H,20,22). The zero-order chi connectivity index (χ0) is 16.6. The van der Waals surface area contributed by atoms with Gasteiger partial charge in [0, 0.05) is 23.4 Å². The van der Waals surface area contributed by atoms with Crippen LogP contribution >= 0.6 is 11.8 Å². The molecule has 1 heterocycles. The number of nitrogens with one attached hydrogen (secondary N) is 1. The van der Waals surface area contributed by atoms with Gasteiger partial charge in [0.15, 0.2) is 0 Å². The van der Waals surface area contributed by atoms with E-state index in [0.717, 1.165) is 16.2 Å². The molecule has 0 bridgehead atoms. The minimum atomic E-state index is 0.0237. The topological polar surface area (TPSA) is 55.1 Å². The van der Waals surface area contributed by atoms with Crippen LogP contribution in [0.4, 0.5) is 0 Å². The van der Waals surface area contributed by atoms with E-state index in [1.54, 1.807) is 6.26 Å². The van der Waals surface area contributed by atoms with Crippen LogP contribution in [0.5, 0.6) is 0 Å². The summed E-state index contributed by atoms with van der Waals surface area (Å²) in [6, 6.07) is 19.7. The van der Waals surface area contributed by atoms with Crippen LogP contribution in [0.25, 0.3) is 11.5 Å². The summed E-state index contributed by atoms with van der Waals surface area (Å²) in [6.45, 7) is 0.551. The molecule has 122 valence electrons. The van der Waals surface area contributed by atoms with Crippen LogP contribution in [0.2, 0.25) is 0 Å². The summed E-state index contributed by atoms with van der Waals surface area (Å²) in [7, 11) is 0. The van der Waals surface area contributed by atoms with E-state index < -0.39 is 0 Å². The number of aromatic nitrogens is 1. The van der Waals surface area contributed by atoms with Gasteiger partial charge in [-0.15, -0.1) is 11.8 Å². The first-order valence-electron chi connectivity index (χ1n) is 7.75. The molecule has 0 unspecified atom stereocenters. The lowest BCUT2D eigenvalue weighted by molar-refractivity contribution is -0.118. The van der Waals surface area contributed by atoms with Crippen molar-refractivity contribution in [2.75, 3.05) is 12.3 Å². The third-order valence-corrected chi connectivity index (χ3v) is 4.40. The smallest absolute Gasteiger partial charge is 0.230 e. The largest absolute Gasteiger partial charge is 0.444 e. The zero-order valence-electron chi connectivity index (χ0n) is 13.1. The highest BCUT2D eigenvalue weighted by molar-refractivity contribution is 8.00. The Labute approximate surface area is 145 Å². The Kier molecular flexibility index (Phi) is 5.69. The highest BCUT2D eigenvalue weighted by atomic mass is 32.2. The molecule has 24 heavy (non-hydrogen) atoms. The first-order chi connectivity index (χ1) is 11.8. The summed E-state index contributed by atoms with van der Waals surface area (Å²) in [4.78, 5) is 17.4. The van der Waals surface area contributed by atoms with Crippen molar-refractivity contribution in [3.8, 4) is 11.5 Å². The molecule has 3 rings (SSSR count). The molecule has 1 amide bonds. The summed E-state index contributed by atoms with van der Waals surface area (Å²) < 4.78 is 5.49. The first kappa shape index (κ1) is 16.3. The molecule has 0 fully saturated rings. The molecular formula is C19H18N2O2S. The number of benzene rings is 2. The van der Waals surface area contributed by atoms with Crippen molar-refractivity contribution in [1.82, 2.24) is 10.3 Å². The van der Waals surface area contributed by atoms with Gasteiger partial charge in [0.1, 0.15) is 6.26 Å². The zero-order valence-corrected chi connectivity index (χ0v) is 14.0. The Morgan fingerprint density at radius 1 is 1.04 bits per heavy atom. The monoisotopic (exact) mass is 338 g/mol. The third-order valence-electron chi connectivity index (χ3n) is 3.39. The molecule has 4 nitrogen and oxygen atoms in total. The van der Waals surface area contributed by atoms with Crippen LogP contribution in [0.3, 0.4) is 0 Å². The van der Waals surface area contributed by atoms with E-state index in [9.17, 15) is 4.79 Å². The van der Waals surface area contributed by atoms with Crippen LogP contribution in [0.15, 0.2) is 76.2 Å². The molecule has 3 aromatic rings. The average molecular weight is 338 g/mol. The maximum Gasteiger partial charge on any atom is 0.230 e. The van der Waals surface area contributed by atoms with Gasteiger partial charge in [-0.05, 0) is 24.3 Å². The Morgan fingerprint density at radius 3 is 2.50 bits per heavy atom. The van der Waals surface area contributed by atoms with Gasteiger partial charge < -0.3 is 9.73 Å². The summed E-state index contributed by atoms with van der Waals surface area (Å²) in [5.41, 5.74) is 1.79. The number of hydrogen-bond donors (Lipinski definition) is 1. The van der Waals surface area contributed by atoms with E-state index in [2.05, 4.69) is 10.3 Å². The minimum Gasteiger partial charge on any atom is -0.444 e. The number of carbonyl (C=O) groups is 1. The lowest BCUT2D eigenvalue weighted by atomic mass is 10.2. The SMILES string of the molecule is O=C(CSc1ccccc1)NCCc1coc(-c2ccccc2)n1. The van der Waals surface area contributed by atoms with Crippen LogP contribution in [0, 0.1) is 0 Å². The molecule has 0 aliphatic carbocycles. The quantitative estimate of drug-likeness (QED) is 0.666. The maximum atomic E-state index is 11.9. The number of nitrogens with zero attached hydrogens (tertiary/aromatic N) is 1. The van der Waals surface area contributed by atoms with Crippen molar-refractivity contribution < 1.29 is 9.21 Å². The summed E-state index contributed by atoms with van der Waals surface area (Å²) >= 11 is 1.53. The number of amides is 1. The first-order valence-corrected chi connectivity index (χ1v) is 8.74. The molecule has 0 saturated carbocycles. The molecule has 0 atom stereocenters. The van der Waals surface area contributed by atoms with Crippen molar-refractivity contribution in [2.24, 2.45) is 0 Å². The van der Waals surface area contributed by atoms with Gasteiger partial charge in [0.2, 0.25) is 11.8 Å². The second-order valence-electron chi connectivity index (χ2n) is 5.21. The van der Waals surface area contributed by atoms with Crippen LogP contribution in [-0.4, -0.2) is 23.2 Å². The maximum absolute atomic E-state index is 11.9. The van der Waals surface area contributed by atoms with Crippen LogP contribution < -0.4 is 5.32 Å². The van der Waals surface area contributed by atoms with E-state index >= 15 is 0 Å². The molecule has 0 aliphatic heterocycles. The Morgan fingerprint density at radius 2 is 1.75 bits per heavy atom. The van der Waals surface area contributed by atoms with Crippen molar-refractivity contribution >= 4 is 17.7 Å². The lowest BCUT2D eigenvalue weighted by Gasteiger charge is -2.03. The van der Waals surface area contributed by atoms with E-state index in [0.29, 0.717) is 24.6 Å².